The fraction of sp³-hybridized carbons (Fsp3) is 0.808. The molecule has 0 spiro atoms. The number of alkyl halides is 3. The molecule has 0 aromatic carbocycles. The average molecular weight is 494 g/mol. The number of rotatable bonds is 20. The van der Waals surface area contributed by atoms with E-state index in [2.05, 4.69) is 23.6 Å². The summed E-state index contributed by atoms with van der Waals surface area (Å²) in [5.41, 5.74) is 0.157. The van der Waals surface area contributed by atoms with Crippen molar-refractivity contribution < 1.29 is 32.1 Å². The molecule has 0 aliphatic rings. The van der Waals surface area contributed by atoms with Gasteiger partial charge in [0.05, 0.1) is 12.7 Å². The van der Waals surface area contributed by atoms with Gasteiger partial charge in [0.2, 0.25) is 5.88 Å². The van der Waals surface area contributed by atoms with Gasteiger partial charge in [-0.2, -0.15) is 18.2 Å². The fourth-order valence-electron chi connectivity index (χ4n) is 3.75. The van der Waals surface area contributed by atoms with E-state index >= 15 is 0 Å². The minimum atomic E-state index is -4.61. The van der Waals surface area contributed by atoms with Crippen LogP contribution in [0, 0.1) is 5.82 Å². The summed E-state index contributed by atoms with van der Waals surface area (Å²) in [6.45, 7) is 2.97. The molecule has 8 heteroatoms. The lowest BCUT2D eigenvalue weighted by atomic mass is 10.0. The van der Waals surface area contributed by atoms with Crippen molar-refractivity contribution in [3.8, 4) is 11.8 Å². The van der Waals surface area contributed by atoms with Crippen molar-refractivity contribution in [2.24, 2.45) is 0 Å². The number of hydrogen-bond acceptors (Lipinski definition) is 4. The number of unbranched alkanes of at least 4 members (excludes halogenated alkanes) is 12. The molecule has 198 valence electrons. The van der Waals surface area contributed by atoms with E-state index in [1.165, 1.54) is 32.1 Å². The quantitative estimate of drug-likeness (QED) is 0.146. The topological polar surface area (TPSA) is 51.6 Å². The van der Waals surface area contributed by atoms with Crippen LogP contribution in [-0.2, 0) is 0 Å². The maximum Gasteiger partial charge on any atom is 0.422 e. The monoisotopic (exact) mass is 493 g/mol. The number of ether oxygens (including phenoxy) is 2. The predicted octanol–water partition coefficient (Wildman–Crippen LogP) is 8.47. The van der Waals surface area contributed by atoms with Crippen molar-refractivity contribution in [3.05, 3.63) is 17.4 Å². The highest BCUT2D eigenvalue weighted by Crippen LogP contribution is 2.32. The summed E-state index contributed by atoms with van der Waals surface area (Å²) in [5.74, 6) is -1.86. The Balaban J connectivity index is 2.68. The van der Waals surface area contributed by atoms with Crippen molar-refractivity contribution in [2.75, 3.05) is 13.2 Å². The van der Waals surface area contributed by atoms with E-state index in [-0.39, 0.29) is 11.4 Å². The molecule has 0 aliphatic carbocycles. The first kappa shape index (κ1) is 30.5. The van der Waals surface area contributed by atoms with Gasteiger partial charge >= 0.3 is 6.18 Å². The number of hydrogen-bond donors (Lipinski definition) is 1. The maximum absolute atomic E-state index is 14.4. The Hall–Kier alpha value is -1.57. The van der Waals surface area contributed by atoms with Gasteiger partial charge in [0.15, 0.2) is 12.4 Å². The van der Waals surface area contributed by atoms with Crippen molar-refractivity contribution in [1.29, 1.82) is 0 Å². The highest BCUT2D eigenvalue weighted by Gasteiger charge is 2.30. The molecule has 1 rings (SSSR count). The Morgan fingerprint density at radius 1 is 0.794 bits per heavy atom. The third-order valence-electron chi connectivity index (χ3n) is 5.74. The number of aromatic nitrogens is 1. The summed E-state index contributed by atoms with van der Waals surface area (Å²) >= 11 is 0. The normalized spacial score (nSPS) is 12.7. The van der Waals surface area contributed by atoms with Gasteiger partial charge in [-0.1, -0.05) is 97.3 Å². The molecule has 0 fully saturated rings. The van der Waals surface area contributed by atoms with E-state index in [9.17, 15) is 22.7 Å². The zero-order valence-electron chi connectivity index (χ0n) is 20.9. The van der Waals surface area contributed by atoms with E-state index < -0.39 is 30.6 Å². The van der Waals surface area contributed by atoms with Crippen molar-refractivity contribution >= 4 is 0 Å². The van der Waals surface area contributed by atoms with Gasteiger partial charge in [0, 0.05) is 5.56 Å². The van der Waals surface area contributed by atoms with Crippen LogP contribution < -0.4 is 9.47 Å². The van der Waals surface area contributed by atoms with E-state index in [1.807, 2.05) is 0 Å². The lowest BCUT2D eigenvalue weighted by Gasteiger charge is -2.18. The molecule has 0 radical (unpaired) electrons. The van der Waals surface area contributed by atoms with Gasteiger partial charge in [0.1, 0.15) is 0 Å². The van der Waals surface area contributed by atoms with Crippen LogP contribution in [0.2, 0.25) is 0 Å². The first-order chi connectivity index (χ1) is 16.3. The summed E-state index contributed by atoms with van der Waals surface area (Å²) in [6, 6.07) is 0.990. The van der Waals surface area contributed by atoms with Crippen molar-refractivity contribution in [2.45, 2.75) is 122 Å². The maximum atomic E-state index is 14.4. The molecule has 1 unspecified atom stereocenters. The fourth-order valence-corrected chi connectivity index (χ4v) is 3.75. The van der Waals surface area contributed by atoms with Gasteiger partial charge in [-0.3, -0.25) is 0 Å². The number of aliphatic hydroxyl groups is 1. The molecule has 1 atom stereocenters. The molecule has 4 nitrogen and oxygen atoms in total. The molecule has 0 saturated carbocycles. The second-order valence-corrected chi connectivity index (χ2v) is 8.97. The van der Waals surface area contributed by atoms with E-state index in [4.69, 9.17) is 4.74 Å². The van der Waals surface area contributed by atoms with Crippen LogP contribution in [0.25, 0.3) is 0 Å². The van der Waals surface area contributed by atoms with Gasteiger partial charge in [-0.15, -0.1) is 0 Å². The molecular formula is C26H43F4NO3. The Kier molecular flexibility index (Phi) is 16.0. The number of halogens is 4. The van der Waals surface area contributed by atoms with Crippen LogP contribution in [0.15, 0.2) is 6.07 Å². The van der Waals surface area contributed by atoms with Crippen molar-refractivity contribution in [3.63, 3.8) is 0 Å². The van der Waals surface area contributed by atoms with Gasteiger partial charge < -0.3 is 14.6 Å². The molecule has 1 aromatic rings. The predicted molar refractivity (Wildman–Crippen MR) is 127 cm³/mol. The van der Waals surface area contributed by atoms with Crippen LogP contribution in [0.3, 0.4) is 0 Å². The Labute approximate surface area is 202 Å². The third kappa shape index (κ3) is 14.0. The molecule has 0 saturated heterocycles. The highest BCUT2D eigenvalue weighted by molar-refractivity contribution is 5.34. The van der Waals surface area contributed by atoms with E-state index in [1.54, 1.807) is 0 Å². The lowest BCUT2D eigenvalue weighted by Crippen LogP contribution is -2.20. The molecule has 1 heterocycles. The van der Waals surface area contributed by atoms with Crippen LogP contribution >= 0.6 is 0 Å². The zero-order valence-corrected chi connectivity index (χ0v) is 20.9. The number of nitrogens with zero attached hydrogens (tertiary/aromatic N) is 1. The van der Waals surface area contributed by atoms with Crippen LogP contribution in [0.4, 0.5) is 17.6 Å². The molecule has 0 bridgehead atoms. The first-order valence-corrected chi connectivity index (χ1v) is 13.0. The Bertz CT molecular complexity index is 656. The smallest absolute Gasteiger partial charge is 0.422 e. The van der Waals surface area contributed by atoms with Gasteiger partial charge in [-0.05, 0) is 18.9 Å². The third-order valence-corrected chi connectivity index (χ3v) is 5.74. The van der Waals surface area contributed by atoms with Gasteiger partial charge in [0.25, 0.3) is 5.88 Å². The molecular weight excluding hydrogens is 450 g/mol. The average Bonchev–Trinajstić information content (AvgIpc) is 2.79. The van der Waals surface area contributed by atoms with Crippen LogP contribution in [0.5, 0.6) is 11.8 Å². The Morgan fingerprint density at radius 3 is 1.88 bits per heavy atom. The van der Waals surface area contributed by atoms with E-state index in [0.29, 0.717) is 13.0 Å². The standard InChI is InChI=1S/C26H43F4NO3/c1-3-5-7-9-11-12-14-16-18-33-24-21(23(32)17-15-13-10-8-6-4-2)19-22(27)25(31-24)34-20-26(28,29)30/h19,23,32H,3-18,20H2,1-2H3. The summed E-state index contributed by atoms with van der Waals surface area (Å²) in [6.07, 6.45) is 9.90. The molecule has 1 N–H and O–H groups in total. The first-order valence-electron chi connectivity index (χ1n) is 13.0. The summed E-state index contributed by atoms with van der Waals surface area (Å²) in [5, 5.41) is 10.6. The summed E-state index contributed by atoms with van der Waals surface area (Å²) in [4.78, 5) is 3.85. The number of pyridine rings is 1. The summed E-state index contributed by atoms with van der Waals surface area (Å²) < 4.78 is 62.1. The molecule has 34 heavy (non-hydrogen) atoms. The Morgan fingerprint density at radius 2 is 1.32 bits per heavy atom. The lowest BCUT2D eigenvalue weighted by molar-refractivity contribution is -0.154. The van der Waals surface area contributed by atoms with Crippen LogP contribution in [0.1, 0.15) is 122 Å². The summed E-state index contributed by atoms with van der Waals surface area (Å²) in [7, 11) is 0. The molecule has 0 aliphatic heterocycles. The number of aliphatic hydroxyl groups excluding tert-OH is 1. The van der Waals surface area contributed by atoms with Crippen LogP contribution in [-0.4, -0.2) is 29.5 Å². The molecule has 0 amide bonds. The van der Waals surface area contributed by atoms with Gasteiger partial charge in [-0.25, -0.2) is 4.39 Å². The zero-order chi connectivity index (χ0) is 25.2. The second-order valence-electron chi connectivity index (χ2n) is 8.97. The second kappa shape index (κ2) is 17.8. The minimum absolute atomic E-state index is 0.0556. The van der Waals surface area contributed by atoms with Crippen molar-refractivity contribution in [1.82, 2.24) is 4.98 Å². The largest absolute Gasteiger partial charge is 0.477 e. The highest BCUT2D eigenvalue weighted by atomic mass is 19.4. The SMILES string of the molecule is CCCCCCCCCCOc1nc(OCC(F)(F)F)c(F)cc1C(O)CCCCCCCC. The molecule has 1 aromatic heterocycles. The van der Waals surface area contributed by atoms with E-state index in [0.717, 1.165) is 63.9 Å². The minimum Gasteiger partial charge on any atom is -0.477 e.